The van der Waals surface area contributed by atoms with E-state index < -0.39 is 6.29 Å². The lowest BCUT2D eigenvalue weighted by Crippen LogP contribution is -2.11. The van der Waals surface area contributed by atoms with Crippen molar-refractivity contribution >= 4 is 5.57 Å². The van der Waals surface area contributed by atoms with Gasteiger partial charge in [-0.15, -0.1) is 0 Å². The molecule has 0 spiro atoms. The van der Waals surface area contributed by atoms with Crippen LogP contribution in [0.3, 0.4) is 0 Å². The van der Waals surface area contributed by atoms with Crippen molar-refractivity contribution < 1.29 is 14.5 Å². The van der Waals surface area contributed by atoms with Crippen molar-refractivity contribution in [2.75, 3.05) is 7.11 Å². The van der Waals surface area contributed by atoms with Gasteiger partial charge in [-0.2, -0.15) is 4.89 Å². The summed E-state index contributed by atoms with van der Waals surface area (Å²) >= 11 is 0. The normalized spacial score (nSPS) is 19.5. The van der Waals surface area contributed by atoms with Crippen LogP contribution in [0.15, 0.2) is 36.1 Å². The van der Waals surface area contributed by atoms with E-state index in [4.69, 9.17) is 14.5 Å². The summed E-state index contributed by atoms with van der Waals surface area (Å²) in [7, 11) is 1.62. The molecule has 1 aliphatic rings. The van der Waals surface area contributed by atoms with Crippen LogP contribution in [0.25, 0.3) is 5.57 Å². The van der Waals surface area contributed by atoms with Gasteiger partial charge >= 0.3 is 0 Å². The molecule has 1 atom stereocenters. The number of methoxy groups -OCH3 is 1. The summed E-state index contributed by atoms with van der Waals surface area (Å²) in [6.45, 7) is 2.16. The number of hydrogen-bond donors (Lipinski definition) is 0. The van der Waals surface area contributed by atoms with Gasteiger partial charge in [-0.1, -0.05) is 43.7 Å². The number of ether oxygens (including phenoxy) is 1. The molecule has 1 aliphatic heterocycles. The van der Waals surface area contributed by atoms with Gasteiger partial charge in [-0.3, -0.25) is 0 Å². The Morgan fingerprint density at radius 1 is 1.24 bits per heavy atom. The summed E-state index contributed by atoms with van der Waals surface area (Å²) in [5.74, 6) is 0.893. The van der Waals surface area contributed by atoms with E-state index in [9.17, 15) is 0 Å². The third kappa shape index (κ3) is 2.68. The van der Waals surface area contributed by atoms with Crippen molar-refractivity contribution in [2.45, 2.75) is 32.5 Å². The molecule has 0 saturated carbocycles. The monoisotopic (exact) mass is 234 g/mol. The zero-order valence-electron chi connectivity index (χ0n) is 10.3. The molecule has 0 radical (unpaired) electrons. The van der Waals surface area contributed by atoms with Gasteiger partial charge in [0.1, 0.15) is 0 Å². The fraction of sp³-hybridized carbons (Fsp3) is 0.429. The number of benzene rings is 1. The Bertz CT molecular complexity index is 384. The molecule has 3 heteroatoms. The molecule has 0 bridgehead atoms. The van der Waals surface area contributed by atoms with Crippen LogP contribution in [-0.2, 0) is 14.5 Å². The minimum absolute atomic E-state index is 0.413. The highest BCUT2D eigenvalue weighted by Crippen LogP contribution is 2.34. The van der Waals surface area contributed by atoms with Crippen LogP contribution in [0.1, 0.15) is 31.7 Å². The van der Waals surface area contributed by atoms with Gasteiger partial charge in [0, 0.05) is 13.5 Å². The predicted molar refractivity (Wildman–Crippen MR) is 65.9 cm³/mol. The van der Waals surface area contributed by atoms with Gasteiger partial charge in [0.05, 0.1) is 5.57 Å². The fourth-order valence-corrected chi connectivity index (χ4v) is 1.91. The molecule has 0 N–H and O–H groups in total. The van der Waals surface area contributed by atoms with Crippen LogP contribution in [-0.4, -0.2) is 13.4 Å². The van der Waals surface area contributed by atoms with Crippen molar-refractivity contribution in [2.24, 2.45) is 0 Å². The molecule has 1 unspecified atom stereocenters. The van der Waals surface area contributed by atoms with E-state index in [2.05, 4.69) is 6.92 Å². The Morgan fingerprint density at radius 3 is 2.65 bits per heavy atom. The summed E-state index contributed by atoms with van der Waals surface area (Å²) in [5.41, 5.74) is 2.12. The first-order chi connectivity index (χ1) is 8.36. The molecule has 1 heterocycles. The predicted octanol–water partition coefficient (Wildman–Crippen LogP) is 3.52. The second-order valence-electron chi connectivity index (χ2n) is 4.05. The maximum Gasteiger partial charge on any atom is 0.232 e. The van der Waals surface area contributed by atoms with Gasteiger partial charge in [-0.25, -0.2) is 0 Å². The van der Waals surface area contributed by atoms with Gasteiger partial charge in [0.25, 0.3) is 0 Å². The average molecular weight is 234 g/mol. The van der Waals surface area contributed by atoms with E-state index in [0.29, 0.717) is 0 Å². The molecule has 1 aromatic rings. The van der Waals surface area contributed by atoms with Crippen LogP contribution < -0.4 is 0 Å². The molecule has 2 rings (SSSR count). The van der Waals surface area contributed by atoms with Crippen LogP contribution in [0, 0.1) is 0 Å². The van der Waals surface area contributed by atoms with Gasteiger partial charge in [0.15, 0.2) is 5.76 Å². The van der Waals surface area contributed by atoms with E-state index in [1.165, 1.54) is 0 Å². The Morgan fingerprint density at radius 2 is 2.00 bits per heavy atom. The lowest BCUT2D eigenvalue weighted by Gasteiger charge is -2.09. The molecule has 0 amide bonds. The zero-order valence-corrected chi connectivity index (χ0v) is 10.3. The molecule has 1 aromatic carbocycles. The first-order valence-corrected chi connectivity index (χ1v) is 6.01. The molecule has 3 nitrogen and oxygen atoms in total. The van der Waals surface area contributed by atoms with Crippen LogP contribution >= 0.6 is 0 Å². The van der Waals surface area contributed by atoms with Gasteiger partial charge in [0.2, 0.25) is 6.29 Å². The maximum atomic E-state index is 5.28. The number of rotatable bonds is 5. The van der Waals surface area contributed by atoms with Crippen LogP contribution in [0.2, 0.25) is 0 Å². The SMILES string of the molecule is CCCCC1=C(c2ccccc2)C(OC)OO1. The van der Waals surface area contributed by atoms with Crippen molar-refractivity contribution in [3.05, 3.63) is 41.7 Å². The Labute approximate surface area is 102 Å². The second-order valence-corrected chi connectivity index (χ2v) is 4.05. The van der Waals surface area contributed by atoms with Crippen molar-refractivity contribution in [3.63, 3.8) is 0 Å². The van der Waals surface area contributed by atoms with E-state index >= 15 is 0 Å². The quantitative estimate of drug-likeness (QED) is 0.729. The molecule has 17 heavy (non-hydrogen) atoms. The zero-order chi connectivity index (χ0) is 12.1. The maximum absolute atomic E-state index is 5.28. The Balaban J connectivity index is 2.28. The first kappa shape index (κ1) is 12.1. The summed E-state index contributed by atoms with van der Waals surface area (Å²) in [6.07, 6.45) is 2.70. The number of hydrogen-bond acceptors (Lipinski definition) is 3. The highest BCUT2D eigenvalue weighted by molar-refractivity contribution is 5.70. The molecule has 0 aromatic heterocycles. The molecule has 92 valence electrons. The highest BCUT2D eigenvalue weighted by Gasteiger charge is 2.29. The minimum Gasteiger partial charge on any atom is -0.349 e. The van der Waals surface area contributed by atoms with Gasteiger partial charge < -0.3 is 9.62 Å². The highest BCUT2D eigenvalue weighted by atomic mass is 17.2. The smallest absolute Gasteiger partial charge is 0.232 e. The summed E-state index contributed by atoms with van der Waals surface area (Å²) in [5, 5.41) is 0. The molecule has 0 saturated heterocycles. The molecular weight excluding hydrogens is 216 g/mol. The third-order valence-electron chi connectivity index (χ3n) is 2.83. The third-order valence-corrected chi connectivity index (χ3v) is 2.83. The number of allylic oxidation sites excluding steroid dienone is 1. The molecular formula is C14H18O3. The lowest BCUT2D eigenvalue weighted by molar-refractivity contribution is -0.314. The van der Waals surface area contributed by atoms with E-state index in [1.807, 2.05) is 30.3 Å². The van der Waals surface area contributed by atoms with Gasteiger partial charge in [-0.05, 0) is 12.0 Å². The van der Waals surface area contributed by atoms with Crippen LogP contribution in [0.5, 0.6) is 0 Å². The fourth-order valence-electron chi connectivity index (χ4n) is 1.91. The lowest BCUT2D eigenvalue weighted by atomic mass is 10.0. The van der Waals surface area contributed by atoms with E-state index in [-0.39, 0.29) is 0 Å². The summed E-state index contributed by atoms with van der Waals surface area (Å²) in [4.78, 5) is 10.5. The van der Waals surface area contributed by atoms with E-state index in [1.54, 1.807) is 7.11 Å². The van der Waals surface area contributed by atoms with E-state index in [0.717, 1.165) is 36.2 Å². The number of unbranched alkanes of at least 4 members (excludes halogenated alkanes) is 1. The topological polar surface area (TPSA) is 27.7 Å². The molecule has 0 fully saturated rings. The Kier molecular flexibility index (Phi) is 4.18. The summed E-state index contributed by atoms with van der Waals surface area (Å²) in [6, 6.07) is 10.1. The van der Waals surface area contributed by atoms with Crippen molar-refractivity contribution in [1.82, 2.24) is 0 Å². The molecule has 0 aliphatic carbocycles. The second kappa shape index (κ2) is 5.84. The van der Waals surface area contributed by atoms with Crippen molar-refractivity contribution in [3.8, 4) is 0 Å². The van der Waals surface area contributed by atoms with Crippen LogP contribution in [0.4, 0.5) is 0 Å². The first-order valence-electron chi connectivity index (χ1n) is 6.01. The largest absolute Gasteiger partial charge is 0.349 e. The Hall–Kier alpha value is -1.32. The summed E-state index contributed by atoms with van der Waals surface area (Å²) < 4.78 is 5.28. The average Bonchev–Trinajstić information content (AvgIpc) is 2.80. The minimum atomic E-state index is -0.413. The standard InChI is InChI=1S/C14H18O3/c1-3-4-10-12-13(14(15-2)17-16-12)11-8-6-5-7-9-11/h5-9,14H,3-4,10H2,1-2H3. The van der Waals surface area contributed by atoms with Crippen molar-refractivity contribution in [1.29, 1.82) is 0 Å².